The van der Waals surface area contributed by atoms with Crippen molar-refractivity contribution in [1.29, 1.82) is 0 Å². The second-order valence-corrected chi connectivity index (χ2v) is 4.73. The van der Waals surface area contributed by atoms with Crippen molar-refractivity contribution in [3.63, 3.8) is 0 Å². The van der Waals surface area contributed by atoms with E-state index in [0.29, 0.717) is 17.1 Å². The first-order valence-corrected chi connectivity index (χ1v) is 6.45. The molecule has 0 radical (unpaired) electrons. The standard InChI is InChI=1S/C16H13F2N3/c17-12-6-11(7-13(18)8-12)14-9-20-16(21-14)15(19)10-4-2-1-3-5-10/h1-9,15H,19H2,(H,20,21). The predicted molar refractivity (Wildman–Crippen MR) is 76.4 cm³/mol. The Morgan fingerprint density at radius 2 is 1.67 bits per heavy atom. The minimum atomic E-state index is -0.631. The third kappa shape index (κ3) is 2.83. The Labute approximate surface area is 120 Å². The summed E-state index contributed by atoms with van der Waals surface area (Å²) < 4.78 is 26.5. The van der Waals surface area contributed by atoms with Gasteiger partial charge in [-0.1, -0.05) is 30.3 Å². The van der Waals surface area contributed by atoms with Crippen LogP contribution in [0.1, 0.15) is 17.4 Å². The number of aromatic amines is 1. The molecule has 21 heavy (non-hydrogen) atoms. The van der Waals surface area contributed by atoms with Crippen molar-refractivity contribution in [2.24, 2.45) is 5.73 Å². The van der Waals surface area contributed by atoms with Crippen LogP contribution in [0.2, 0.25) is 0 Å². The Hall–Kier alpha value is -2.53. The first-order chi connectivity index (χ1) is 10.1. The molecule has 3 aromatic rings. The molecular weight excluding hydrogens is 272 g/mol. The van der Waals surface area contributed by atoms with E-state index in [2.05, 4.69) is 9.97 Å². The molecule has 0 aliphatic rings. The zero-order chi connectivity index (χ0) is 14.8. The van der Waals surface area contributed by atoms with Gasteiger partial charge in [0.2, 0.25) is 0 Å². The number of nitrogens with one attached hydrogen (secondary N) is 1. The van der Waals surface area contributed by atoms with Gasteiger partial charge in [0.1, 0.15) is 17.5 Å². The molecule has 2 aromatic carbocycles. The molecule has 1 unspecified atom stereocenters. The van der Waals surface area contributed by atoms with E-state index in [1.54, 1.807) is 0 Å². The third-order valence-electron chi connectivity index (χ3n) is 3.22. The molecule has 0 spiro atoms. The van der Waals surface area contributed by atoms with E-state index < -0.39 is 17.7 Å². The van der Waals surface area contributed by atoms with Crippen molar-refractivity contribution in [1.82, 2.24) is 9.97 Å². The normalized spacial score (nSPS) is 12.3. The van der Waals surface area contributed by atoms with Gasteiger partial charge in [0, 0.05) is 11.6 Å². The number of benzene rings is 2. The average Bonchev–Trinajstić information content (AvgIpc) is 2.96. The highest BCUT2D eigenvalue weighted by molar-refractivity contribution is 5.58. The van der Waals surface area contributed by atoms with Crippen LogP contribution in [0.3, 0.4) is 0 Å². The topological polar surface area (TPSA) is 54.7 Å². The monoisotopic (exact) mass is 285 g/mol. The van der Waals surface area contributed by atoms with Crippen LogP contribution in [0.15, 0.2) is 54.7 Å². The van der Waals surface area contributed by atoms with E-state index in [4.69, 9.17) is 5.73 Å². The summed E-state index contributed by atoms with van der Waals surface area (Å²) in [5.41, 5.74) is 7.95. The molecule has 3 N–H and O–H groups in total. The second-order valence-electron chi connectivity index (χ2n) is 4.73. The van der Waals surface area contributed by atoms with Gasteiger partial charge in [0.05, 0.1) is 17.9 Å². The summed E-state index contributed by atoms with van der Waals surface area (Å²) in [6.07, 6.45) is 1.52. The highest BCUT2D eigenvalue weighted by Gasteiger charge is 2.13. The number of imidazole rings is 1. The van der Waals surface area contributed by atoms with Crippen LogP contribution in [0.5, 0.6) is 0 Å². The van der Waals surface area contributed by atoms with E-state index in [1.165, 1.54) is 18.3 Å². The summed E-state index contributed by atoms with van der Waals surface area (Å²) in [7, 11) is 0. The van der Waals surface area contributed by atoms with Crippen molar-refractivity contribution in [2.75, 3.05) is 0 Å². The Morgan fingerprint density at radius 1 is 1.00 bits per heavy atom. The predicted octanol–water partition coefficient (Wildman–Crippen LogP) is 3.40. The maximum atomic E-state index is 13.2. The van der Waals surface area contributed by atoms with Gasteiger partial charge in [-0.2, -0.15) is 0 Å². The lowest BCUT2D eigenvalue weighted by Gasteiger charge is -2.08. The Morgan fingerprint density at radius 3 is 2.33 bits per heavy atom. The van der Waals surface area contributed by atoms with Gasteiger partial charge in [-0.3, -0.25) is 0 Å². The molecule has 0 saturated carbocycles. The third-order valence-corrected chi connectivity index (χ3v) is 3.22. The average molecular weight is 285 g/mol. The first-order valence-electron chi connectivity index (χ1n) is 6.45. The highest BCUT2D eigenvalue weighted by atomic mass is 19.1. The minimum Gasteiger partial charge on any atom is -0.340 e. The number of rotatable bonds is 3. The van der Waals surface area contributed by atoms with Gasteiger partial charge < -0.3 is 10.7 Å². The lowest BCUT2D eigenvalue weighted by atomic mass is 10.1. The first kappa shape index (κ1) is 13.5. The SMILES string of the molecule is NC(c1ccccc1)c1ncc(-c2cc(F)cc(F)c2)[nH]1. The molecule has 1 atom stereocenters. The van der Waals surface area contributed by atoms with E-state index in [-0.39, 0.29) is 0 Å². The molecule has 0 fully saturated rings. The second kappa shape index (κ2) is 5.46. The number of hydrogen-bond acceptors (Lipinski definition) is 2. The van der Waals surface area contributed by atoms with Crippen LogP contribution in [0, 0.1) is 11.6 Å². The molecule has 106 valence electrons. The smallest absolute Gasteiger partial charge is 0.128 e. The van der Waals surface area contributed by atoms with Crippen LogP contribution in [0.4, 0.5) is 8.78 Å². The van der Waals surface area contributed by atoms with Gasteiger partial charge in [-0.15, -0.1) is 0 Å². The van der Waals surface area contributed by atoms with Crippen molar-refractivity contribution >= 4 is 0 Å². The summed E-state index contributed by atoms with van der Waals surface area (Å²) in [6.45, 7) is 0. The molecular formula is C16H13F2N3. The zero-order valence-electron chi connectivity index (χ0n) is 11.1. The van der Waals surface area contributed by atoms with Crippen molar-refractivity contribution in [3.05, 3.63) is 77.8 Å². The Bertz CT molecular complexity index is 733. The molecule has 5 heteroatoms. The highest BCUT2D eigenvalue weighted by Crippen LogP contribution is 2.23. The quantitative estimate of drug-likeness (QED) is 0.775. The number of H-pyrrole nitrogens is 1. The van der Waals surface area contributed by atoms with Gasteiger partial charge in [0.15, 0.2) is 0 Å². The molecule has 1 heterocycles. The number of aromatic nitrogens is 2. The molecule has 3 nitrogen and oxygen atoms in total. The molecule has 0 bridgehead atoms. The van der Waals surface area contributed by atoms with Crippen LogP contribution in [-0.2, 0) is 0 Å². The van der Waals surface area contributed by atoms with Crippen molar-refractivity contribution < 1.29 is 8.78 Å². The molecule has 0 aliphatic carbocycles. The van der Waals surface area contributed by atoms with Crippen molar-refractivity contribution in [3.8, 4) is 11.3 Å². The fourth-order valence-corrected chi connectivity index (χ4v) is 2.17. The van der Waals surface area contributed by atoms with E-state index in [0.717, 1.165) is 11.6 Å². The molecule has 0 saturated heterocycles. The summed E-state index contributed by atoms with van der Waals surface area (Å²) in [5.74, 6) is -0.720. The molecule has 3 rings (SSSR count). The van der Waals surface area contributed by atoms with Gasteiger partial charge in [-0.05, 0) is 17.7 Å². The van der Waals surface area contributed by atoms with E-state index >= 15 is 0 Å². The van der Waals surface area contributed by atoms with Crippen LogP contribution < -0.4 is 5.73 Å². The maximum Gasteiger partial charge on any atom is 0.128 e. The summed E-state index contributed by atoms with van der Waals surface area (Å²) in [5, 5.41) is 0. The van der Waals surface area contributed by atoms with E-state index in [9.17, 15) is 8.78 Å². The van der Waals surface area contributed by atoms with Gasteiger partial charge >= 0.3 is 0 Å². The zero-order valence-corrected chi connectivity index (χ0v) is 11.1. The van der Waals surface area contributed by atoms with Gasteiger partial charge in [0.25, 0.3) is 0 Å². The van der Waals surface area contributed by atoms with Crippen molar-refractivity contribution in [2.45, 2.75) is 6.04 Å². The fraction of sp³-hybridized carbons (Fsp3) is 0.0625. The summed E-state index contributed by atoms with van der Waals surface area (Å²) in [4.78, 5) is 7.22. The Balaban J connectivity index is 1.93. The van der Waals surface area contributed by atoms with Crippen LogP contribution in [0.25, 0.3) is 11.3 Å². The minimum absolute atomic E-state index is 0.395. The van der Waals surface area contributed by atoms with Gasteiger partial charge in [-0.25, -0.2) is 13.8 Å². The number of hydrogen-bond donors (Lipinski definition) is 2. The largest absolute Gasteiger partial charge is 0.340 e. The number of halogens is 2. The van der Waals surface area contributed by atoms with E-state index in [1.807, 2.05) is 30.3 Å². The van der Waals surface area contributed by atoms with Crippen LogP contribution in [-0.4, -0.2) is 9.97 Å². The Kier molecular flexibility index (Phi) is 3.50. The summed E-state index contributed by atoms with van der Waals surface area (Å²) in [6, 6.07) is 12.4. The molecule has 1 aromatic heterocycles. The molecule has 0 amide bonds. The maximum absolute atomic E-state index is 13.2. The van der Waals surface area contributed by atoms with Crippen LogP contribution >= 0.6 is 0 Å². The molecule has 0 aliphatic heterocycles. The fourth-order valence-electron chi connectivity index (χ4n) is 2.17. The lowest BCUT2D eigenvalue weighted by Crippen LogP contribution is -2.13. The lowest BCUT2D eigenvalue weighted by molar-refractivity contribution is 0.584. The summed E-state index contributed by atoms with van der Waals surface area (Å²) >= 11 is 0. The number of nitrogens with two attached hydrogens (primary N) is 1. The number of nitrogens with zero attached hydrogens (tertiary/aromatic N) is 1.